The van der Waals surface area contributed by atoms with E-state index >= 15 is 0 Å². The van der Waals surface area contributed by atoms with Crippen LogP contribution in [0.15, 0.2) is 24.3 Å². The van der Waals surface area contributed by atoms with Gasteiger partial charge in [0.2, 0.25) is 5.91 Å². The Kier molecular flexibility index (Phi) is 6.03. The fourth-order valence-electron chi connectivity index (χ4n) is 4.17. The van der Waals surface area contributed by atoms with Crippen molar-refractivity contribution in [1.82, 2.24) is 15.1 Å². The Morgan fingerprint density at radius 3 is 2.40 bits per heavy atom. The molecule has 0 spiro atoms. The second kappa shape index (κ2) is 8.07. The van der Waals surface area contributed by atoms with Gasteiger partial charge in [-0.2, -0.15) is 0 Å². The van der Waals surface area contributed by atoms with Crippen molar-refractivity contribution in [2.75, 3.05) is 40.3 Å². The number of hydrogen-bond donors (Lipinski definition) is 1. The van der Waals surface area contributed by atoms with Crippen molar-refractivity contribution in [3.63, 3.8) is 0 Å². The molecular formula is C20H30ClN3O. The number of carbonyl (C=O) groups is 1. The predicted octanol–water partition coefficient (Wildman–Crippen LogP) is 2.90. The SMILES string of the molecule is CN(C)CC(=O)NC1CCN(CC2(c3ccc(Cl)cc3)CCC2)CC1. The summed E-state index contributed by atoms with van der Waals surface area (Å²) in [4.78, 5) is 16.4. The summed E-state index contributed by atoms with van der Waals surface area (Å²) in [7, 11) is 3.86. The summed E-state index contributed by atoms with van der Waals surface area (Å²) in [5.74, 6) is 0.139. The van der Waals surface area contributed by atoms with E-state index in [0.717, 1.165) is 37.5 Å². The Bertz CT molecular complexity index is 575. The highest BCUT2D eigenvalue weighted by Gasteiger charge is 2.40. The molecule has 1 heterocycles. The van der Waals surface area contributed by atoms with Crippen molar-refractivity contribution >= 4 is 17.5 Å². The smallest absolute Gasteiger partial charge is 0.234 e. The Hall–Kier alpha value is -1.10. The zero-order chi connectivity index (χ0) is 17.9. The predicted molar refractivity (Wildman–Crippen MR) is 103 cm³/mol. The molecule has 1 amide bonds. The van der Waals surface area contributed by atoms with Crippen molar-refractivity contribution in [3.8, 4) is 0 Å². The number of nitrogens with zero attached hydrogens (tertiary/aromatic N) is 2. The third-order valence-corrected chi connectivity index (χ3v) is 5.96. The number of rotatable bonds is 6. The standard InChI is InChI=1S/C20H30ClN3O/c1-23(2)14-19(25)22-18-8-12-24(13-9-18)15-20(10-3-11-20)16-4-6-17(21)7-5-16/h4-7,18H,3,8-15H2,1-2H3,(H,22,25). The van der Waals surface area contributed by atoms with Gasteiger partial charge < -0.3 is 15.1 Å². The summed E-state index contributed by atoms with van der Waals surface area (Å²) in [5, 5.41) is 3.99. The molecule has 2 fully saturated rings. The number of piperidine rings is 1. The van der Waals surface area contributed by atoms with Crippen LogP contribution in [0.2, 0.25) is 5.02 Å². The number of amides is 1. The van der Waals surface area contributed by atoms with E-state index in [4.69, 9.17) is 11.6 Å². The zero-order valence-corrected chi connectivity index (χ0v) is 16.2. The Morgan fingerprint density at radius 1 is 1.24 bits per heavy atom. The maximum Gasteiger partial charge on any atom is 0.234 e. The molecule has 1 saturated heterocycles. The summed E-state index contributed by atoms with van der Waals surface area (Å²) in [6.07, 6.45) is 5.97. The van der Waals surface area contributed by atoms with Gasteiger partial charge in [0.15, 0.2) is 0 Å². The van der Waals surface area contributed by atoms with Crippen molar-refractivity contribution < 1.29 is 4.79 Å². The lowest BCUT2D eigenvalue weighted by molar-refractivity contribution is -0.122. The van der Waals surface area contributed by atoms with Gasteiger partial charge in [0.05, 0.1) is 6.54 Å². The van der Waals surface area contributed by atoms with Gasteiger partial charge in [0, 0.05) is 36.1 Å². The fraction of sp³-hybridized carbons (Fsp3) is 0.650. The van der Waals surface area contributed by atoms with Gasteiger partial charge in [0.25, 0.3) is 0 Å². The Morgan fingerprint density at radius 2 is 1.88 bits per heavy atom. The molecule has 1 aromatic carbocycles. The fourth-order valence-corrected chi connectivity index (χ4v) is 4.30. The average Bonchev–Trinajstić information content (AvgIpc) is 2.53. The van der Waals surface area contributed by atoms with Crippen molar-refractivity contribution in [3.05, 3.63) is 34.9 Å². The second-order valence-corrected chi connectivity index (χ2v) is 8.43. The van der Waals surface area contributed by atoms with Crippen LogP contribution < -0.4 is 5.32 Å². The first kappa shape index (κ1) is 18.7. The van der Waals surface area contributed by atoms with Crippen LogP contribution in [0.3, 0.4) is 0 Å². The third kappa shape index (κ3) is 4.75. The maximum atomic E-state index is 11.9. The molecule has 5 heteroatoms. The van der Waals surface area contributed by atoms with Crippen molar-refractivity contribution in [2.45, 2.75) is 43.6 Å². The number of halogens is 1. The Labute approximate surface area is 156 Å². The molecule has 3 rings (SSSR count). The molecule has 0 atom stereocenters. The molecule has 1 aliphatic heterocycles. The number of hydrogen-bond acceptors (Lipinski definition) is 3. The van der Waals surface area contributed by atoms with Crippen LogP contribution in [-0.4, -0.2) is 62.0 Å². The van der Waals surface area contributed by atoms with Crippen LogP contribution in [0.25, 0.3) is 0 Å². The van der Waals surface area contributed by atoms with Gasteiger partial charge in [-0.15, -0.1) is 0 Å². The highest BCUT2D eigenvalue weighted by atomic mass is 35.5. The van der Waals surface area contributed by atoms with Crippen LogP contribution >= 0.6 is 11.6 Å². The summed E-state index contributed by atoms with van der Waals surface area (Å²) >= 11 is 6.06. The molecule has 2 aliphatic rings. The zero-order valence-electron chi connectivity index (χ0n) is 15.4. The quantitative estimate of drug-likeness (QED) is 0.844. The lowest BCUT2D eigenvalue weighted by atomic mass is 9.64. The molecule has 0 radical (unpaired) electrons. The first-order chi connectivity index (χ1) is 12.0. The molecule has 0 unspecified atom stereocenters. The van der Waals surface area contributed by atoms with E-state index in [2.05, 4.69) is 22.3 Å². The molecule has 1 aliphatic carbocycles. The van der Waals surface area contributed by atoms with Gasteiger partial charge >= 0.3 is 0 Å². The molecule has 138 valence electrons. The molecule has 0 aromatic heterocycles. The normalized spacial score (nSPS) is 21.1. The van der Waals surface area contributed by atoms with Gasteiger partial charge in [-0.1, -0.05) is 30.2 Å². The first-order valence-electron chi connectivity index (χ1n) is 9.39. The molecular weight excluding hydrogens is 334 g/mol. The monoisotopic (exact) mass is 363 g/mol. The summed E-state index contributed by atoms with van der Waals surface area (Å²) < 4.78 is 0. The minimum Gasteiger partial charge on any atom is -0.352 e. The van der Waals surface area contributed by atoms with Crippen molar-refractivity contribution in [2.24, 2.45) is 0 Å². The molecule has 0 bridgehead atoms. The lowest BCUT2D eigenvalue weighted by Gasteiger charge is -2.47. The van der Waals surface area contributed by atoms with Gasteiger partial charge in [0.1, 0.15) is 0 Å². The second-order valence-electron chi connectivity index (χ2n) is 8.00. The van der Waals surface area contributed by atoms with Crippen LogP contribution in [0.4, 0.5) is 0 Å². The van der Waals surface area contributed by atoms with Gasteiger partial charge in [-0.25, -0.2) is 0 Å². The molecule has 25 heavy (non-hydrogen) atoms. The highest BCUT2D eigenvalue weighted by molar-refractivity contribution is 6.30. The van der Waals surface area contributed by atoms with E-state index in [1.54, 1.807) is 0 Å². The molecule has 4 nitrogen and oxygen atoms in total. The van der Waals surface area contributed by atoms with E-state index in [-0.39, 0.29) is 5.91 Å². The number of likely N-dealkylation sites (N-methyl/N-ethyl adjacent to an activating group) is 1. The van der Waals surface area contributed by atoms with E-state index in [1.165, 1.54) is 24.8 Å². The van der Waals surface area contributed by atoms with Crippen LogP contribution in [-0.2, 0) is 10.2 Å². The lowest BCUT2D eigenvalue weighted by Crippen LogP contribution is -2.51. The van der Waals surface area contributed by atoms with Gasteiger partial charge in [-0.3, -0.25) is 4.79 Å². The first-order valence-corrected chi connectivity index (χ1v) is 9.77. The number of nitrogens with one attached hydrogen (secondary N) is 1. The topological polar surface area (TPSA) is 35.6 Å². The largest absolute Gasteiger partial charge is 0.352 e. The van der Waals surface area contributed by atoms with Gasteiger partial charge in [-0.05, 0) is 57.5 Å². The summed E-state index contributed by atoms with van der Waals surface area (Å²) in [6, 6.07) is 8.77. The number of carbonyl (C=O) groups excluding carboxylic acids is 1. The van der Waals surface area contributed by atoms with Crippen LogP contribution in [0.1, 0.15) is 37.7 Å². The van der Waals surface area contributed by atoms with E-state index in [1.807, 2.05) is 31.1 Å². The summed E-state index contributed by atoms with van der Waals surface area (Å²) in [6.45, 7) is 3.75. The minimum absolute atomic E-state index is 0.139. The van der Waals surface area contributed by atoms with Crippen molar-refractivity contribution in [1.29, 1.82) is 0 Å². The highest BCUT2D eigenvalue weighted by Crippen LogP contribution is 2.44. The maximum absolute atomic E-state index is 11.9. The van der Waals surface area contributed by atoms with E-state index in [9.17, 15) is 4.79 Å². The number of likely N-dealkylation sites (tertiary alicyclic amines) is 1. The van der Waals surface area contributed by atoms with E-state index in [0.29, 0.717) is 18.0 Å². The molecule has 1 saturated carbocycles. The molecule has 1 aromatic rings. The number of benzene rings is 1. The third-order valence-electron chi connectivity index (χ3n) is 5.71. The minimum atomic E-state index is 0.139. The summed E-state index contributed by atoms with van der Waals surface area (Å²) in [5.41, 5.74) is 1.75. The average molecular weight is 364 g/mol. The molecule has 1 N–H and O–H groups in total. The van der Waals surface area contributed by atoms with Crippen LogP contribution in [0.5, 0.6) is 0 Å². The Balaban J connectivity index is 1.51. The van der Waals surface area contributed by atoms with Crippen LogP contribution in [0, 0.1) is 0 Å². The van der Waals surface area contributed by atoms with E-state index < -0.39 is 0 Å².